The van der Waals surface area contributed by atoms with Crippen LogP contribution in [0.15, 0.2) is 24.3 Å². The Balaban J connectivity index is 2.71. The zero-order valence-corrected chi connectivity index (χ0v) is 20.9. The van der Waals surface area contributed by atoms with Gasteiger partial charge in [-0.1, -0.05) is 71.0 Å². The van der Waals surface area contributed by atoms with Crippen molar-refractivity contribution in [2.45, 2.75) is 80.6 Å². The van der Waals surface area contributed by atoms with E-state index in [1.54, 1.807) is 10.6 Å². The second-order valence-electron chi connectivity index (χ2n) is 8.77. The van der Waals surface area contributed by atoms with E-state index >= 15 is 0 Å². The Hall–Kier alpha value is -0.700. The number of hydrogen-bond donors (Lipinski definition) is 0. The highest BCUT2D eigenvalue weighted by atomic mass is 31.2. The largest absolute Gasteiger partial charge is 0.0964 e. The van der Waals surface area contributed by atoms with Gasteiger partial charge in [0.15, 0.2) is 0 Å². The molecule has 0 aliphatic heterocycles. The average molecular weight is 401 g/mol. The van der Waals surface area contributed by atoms with Crippen LogP contribution < -0.4 is 10.6 Å². The Bertz CT molecular complexity index is 690. The molecule has 0 bridgehead atoms. The van der Waals surface area contributed by atoms with Gasteiger partial charge in [-0.3, -0.25) is 0 Å². The zero-order chi connectivity index (χ0) is 20.5. The van der Waals surface area contributed by atoms with Gasteiger partial charge in [0.1, 0.15) is 0 Å². The maximum atomic E-state index is 2.43. The van der Waals surface area contributed by atoms with Crippen LogP contribution in [0, 0.1) is 41.5 Å². The molecule has 2 aromatic rings. The lowest BCUT2D eigenvalue weighted by Gasteiger charge is -2.34. The molecule has 0 saturated carbocycles. The summed E-state index contributed by atoms with van der Waals surface area (Å²) in [6.45, 7) is 23.5. The van der Waals surface area contributed by atoms with Gasteiger partial charge in [-0.15, -0.1) is 0 Å². The molecule has 0 aliphatic carbocycles. The number of hydrogen-bond acceptors (Lipinski definition) is 0. The van der Waals surface area contributed by atoms with E-state index in [4.69, 9.17) is 0 Å². The normalized spacial score (nSPS) is 12.1. The van der Waals surface area contributed by atoms with Crippen LogP contribution in [0.2, 0.25) is 0 Å². The molecular weight excluding hydrogens is 362 g/mol. The first-order chi connectivity index (χ1) is 12.5. The Kier molecular flexibility index (Phi) is 7.70. The molecule has 2 rings (SSSR count). The van der Waals surface area contributed by atoms with E-state index < -0.39 is 0 Å². The van der Waals surface area contributed by atoms with Crippen LogP contribution in [0.3, 0.4) is 0 Å². The summed E-state index contributed by atoms with van der Waals surface area (Å²) >= 11 is 0. The van der Waals surface area contributed by atoms with E-state index in [9.17, 15) is 0 Å². The van der Waals surface area contributed by atoms with Crippen LogP contribution in [0.5, 0.6) is 0 Å². The summed E-state index contributed by atoms with van der Waals surface area (Å²) < 4.78 is 0. The zero-order valence-electron chi connectivity index (χ0n) is 19.1. The predicted molar refractivity (Wildman–Crippen MR) is 130 cm³/mol. The number of aryl methyl sites for hydroxylation is 6. The SMILES string of the molecule is Cc1cc(C)c(P(CP(C(C)C)C(C)C)c2c(C)cc(C)cc2C)c(C)c1. The first-order valence-corrected chi connectivity index (χ1v) is 13.4. The highest BCUT2D eigenvalue weighted by Crippen LogP contribution is 2.56. The van der Waals surface area contributed by atoms with Gasteiger partial charge in [0.05, 0.1) is 0 Å². The van der Waals surface area contributed by atoms with Crippen LogP contribution in [0.4, 0.5) is 0 Å². The molecule has 0 unspecified atom stereocenters. The van der Waals surface area contributed by atoms with Crippen LogP contribution in [-0.4, -0.2) is 17.2 Å². The fraction of sp³-hybridized carbons (Fsp3) is 0.520. The summed E-state index contributed by atoms with van der Waals surface area (Å²) in [7, 11) is -0.336. The molecule has 0 N–H and O–H groups in total. The topological polar surface area (TPSA) is 0 Å². The first-order valence-electron chi connectivity index (χ1n) is 10.2. The maximum absolute atomic E-state index is 2.43. The van der Waals surface area contributed by atoms with Crippen molar-refractivity contribution in [3.05, 3.63) is 57.6 Å². The molecule has 0 aromatic heterocycles. The van der Waals surface area contributed by atoms with Crippen LogP contribution in [-0.2, 0) is 0 Å². The van der Waals surface area contributed by atoms with Gasteiger partial charge in [-0.2, -0.15) is 0 Å². The molecule has 27 heavy (non-hydrogen) atoms. The van der Waals surface area contributed by atoms with Crippen LogP contribution in [0.25, 0.3) is 0 Å². The van der Waals surface area contributed by atoms with Crippen molar-refractivity contribution < 1.29 is 0 Å². The van der Waals surface area contributed by atoms with Gasteiger partial charge < -0.3 is 0 Å². The molecule has 0 spiro atoms. The summed E-state index contributed by atoms with van der Waals surface area (Å²) in [5.74, 6) is 1.36. The summed E-state index contributed by atoms with van der Waals surface area (Å²) in [6, 6.07) is 9.57. The third kappa shape index (κ3) is 5.22. The number of benzene rings is 2. The van der Waals surface area contributed by atoms with E-state index in [-0.39, 0.29) is 15.8 Å². The summed E-state index contributed by atoms with van der Waals surface area (Å²) in [5.41, 5.74) is 10.3. The van der Waals surface area contributed by atoms with Crippen molar-refractivity contribution in [1.82, 2.24) is 0 Å². The second-order valence-corrected chi connectivity index (χ2v) is 14.7. The lowest BCUT2D eigenvalue weighted by atomic mass is 10.1. The Morgan fingerprint density at radius 1 is 0.593 bits per heavy atom. The standard InChI is InChI=1S/C25H38P2/c1-16(2)26(17(3)4)15-27(24-20(7)11-18(5)12-21(24)8)25-22(9)13-19(6)14-23(25)10/h11-14,16-17H,15H2,1-10H3. The van der Waals surface area contributed by atoms with Gasteiger partial charge in [0, 0.05) is 0 Å². The smallest absolute Gasteiger partial charge is 0.00350 e. The fourth-order valence-corrected chi connectivity index (χ4v) is 13.0. The highest BCUT2D eigenvalue weighted by Gasteiger charge is 2.28. The van der Waals surface area contributed by atoms with Crippen molar-refractivity contribution in [3.8, 4) is 0 Å². The van der Waals surface area contributed by atoms with Gasteiger partial charge in [0.2, 0.25) is 0 Å². The van der Waals surface area contributed by atoms with E-state index in [1.807, 2.05) is 0 Å². The minimum Gasteiger partial charge on any atom is -0.0964 e. The Morgan fingerprint density at radius 3 is 1.15 bits per heavy atom. The minimum absolute atomic E-state index is 0.00133. The lowest BCUT2D eigenvalue weighted by Crippen LogP contribution is -2.24. The van der Waals surface area contributed by atoms with E-state index in [0.717, 1.165) is 11.3 Å². The maximum Gasteiger partial charge on any atom is -0.00350 e. The van der Waals surface area contributed by atoms with Crippen molar-refractivity contribution in [3.63, 3.8) is 0 Å². The van der Waals surface area contributed by atoms with E-state index in [0.29, 0.717) is 0 Å². The monoisotopic (exact) mass is 400 g/mol. The minimum atomic E-state index is -0.334. The number of rotatable bonds is 6. The van der Waals surface area contributed by atoms with Crippen molar-refractivity contribution in [2.75, 3.05) is 5.90 Å². The predicted octanol–water partition coefficient (Wildman–Crippen LogP) is 7.23. The van der Waals surface area contributed by atoms with Gasteiger partial charge in [-0.05, 0) is 99.5 Å². The molecule has 2 heteroatoms. The molecule has 0 amide bonds. The Labute approximate surface area is 170 Å². The first kappa shape index (κ1) is 22.6. The molecule has 0 nitrogen and oxygen atoms in total. The second kappa shape index (κ2) is 9.20. The fourth-order valence-electron chi connectivity index (χ4n) is 4.54. The molecule has 2 aromatic carbocycles. The third-order valence-electron chi connectivity index (χ3n) is 5.44. The molecular formula is C25H38P2. The van der Waals surface area contributed by atoms with Crippen LogP contribution in [0.1, 0.15) is 61.1 Å². The Morgan fingerprint density at radius 2 is 0.889 bits per heavy atom. The third-order valence-corrected chi connectivity index (χ3v) is 13.0. The van der Waals surface area contributed by atoms with Gasteiger partial charge >= 0.3 is 0 Å². The van der Waals surface area contributed by atoms with Crippen molar-refractivity contribution in [1.29, 1.82) is 0 Å². The highest BCUT2D eigenvalue weighted by molar-refractivity contribution is 7.83. The van der Waals surface area contributed by atoms with Crippen molar-refractivity contribution >= 4 is 26.5 Å². The quantitative estimate of drug-likeness (QED) is 0.449. The molecule has 0 saturated heterocycles. The van der Waals surface area contributed by atoms with E-state index in [2.05, 4.69) is 93.5 Å². The van der Waals surface area contributed by atoms with Crippen molar-refractivity contribution in [2.24, 2.45) is 0 Å². The molecule has 0 atom stereocenters. The molecule has 0 heterocycles. The van der Waals surface area contributed by atoms with Gasteiger partial charge in [0.25, 0.3) is 0 Å². The van der Waals surface area contributed by atoms with E-state index in [1.165, 1.54) is 39.3 Å². The molecule has 0 aliphatic rings. The summed E-state index contributed by atoms with van der Waals surface area (Å²) in [5, 5.41) is 3.28. The lowest BCUT2D eigenvalue weighted by molar-refractivity contribution is 1.01. The molecule has 0 radical (unpaired) electrons. The molecule has 148 valence electrons. The average Bonchev–Trinajstić information content (AvgIpc) is 2.48. The van der Waals surface area contributed by atoms with Crippen LogP contribution >= 0.6 is 15.8 Å². The van der Waals surface area contributed by atoms with Gasteiger partial charge in [-0.25, -0.2) is 0 Å². The summed E-state index contributed by atoms with van der Waals surface area (Å²) in [6.07, 6.45) is 0. The molecule has 0 fully saturated rings. The summed E-state index contributed by atoms with van der Waals surface area (Å²) in [4.78, 5) is 0.